The van der Waals surface area contributed by atoms with Crippen molar-refractivity contribution in [2.24, 2.45) is 11.8 Å². The van der Waals surface area contributed by atoms with Gasteiger partial charge in [0.15, 0.2) is 0 Å². The van der Waals surface area contributed by atoms with Gasteiger partial charge in [-0.25, -0.2) is 0 Å². The predicted molar refractivity (Wildman–Crippen MR) is 69.5 cm³/mol. The topological polar surface area (TPSA) is 32.3 Å². The molecule has 3 atom stereocenters. The van der Waals surface area contributed by atoms with Crippen molar-refractivity contribution in [1.29, 1.82) is 0 Å². The highest BCUT2D eigenvalue weighted by atomic mass is 16.3. The average Bonchev–Trinajstić information content (AvgIpc) is 2.25. The standard InChI is InChI=1S/C14H29NO/c1-4-13(10-16)15-14-7-5-6-12(9-14)8-11(2)3/h11-16H,4-10H2,1-3H3. The van der Waals surface area contributed by atoms with Gasteiger partial charge in [-0.15, -0.1) is 0 Å². The first-order valence-electron chi connectivity index (χ1n) is 7.02. The molecular formula is C14H29NO. The van der Waals surface area contributed by atoms with Gasteiger partial charge in [0.2, 0.25) is 0 Å². The van der Waals surface area contributed by atoms with E-state index >= 15 is 0 Å². The van der Waals surface area contributed by atoms with Crippen LogP contribution in [-0.2, 0) is 0 Å². The van der Waals surface area contributed by atoms with Crippen LogP contribution in [-0.4, -0.2) is 23.8 Å². The predicted octanol–water partition coefficient (Wildman–Crippen LogP) is 2.95. The summed E-state index contributed by atoms with van der Waals surface area (Å²) in [4.78, 5) is 0. The second kappa shape index (κ2) is 7.29. The molecule has 0 aromatic carbocycles. The van der Waals surface area contributed by atoms with Crippen LogP contribution >= 0.6 is 0 Å². The van der Waals surface area contributed by atoms with E-state index in [4.69, 9.17) is 0 Å². The summed E-state index contributed by atoms with van der Waals surface area (Å²) in [6, 6.07) is 0.956. The maximum Gasteiger partial charge on any atom is 0.0584 e. The third-order valence-corrected chi connectivity index (χ3v) is 3.77. The first-order chi connectivity index (χ1) is 7.65. The fourth-order valence-corrected chi connectivity index (χ4v) is 2.96. The molecule has 0 saturated heterocycles. The summed E-state index contributed by atoms with van der Waals surface area (Å²) >= 11 is 0. The van der Waals surface area contributed by atoms with E-state index in [0.717, 1.165) is 18.3 Å². The zero-order valence-electron chi connectivity index (χ0n) is 11.2. The summed E-state index contributed by atoms with van der Waals surface area (Å²) in [6.07, 6.45) is 7.78. The van der Waals surface area contributed by atoms with Gasteiger partial charge in [0.1, 0.15) is 0 Å². The highest BCUT2D eigenvalue weighted by Crippen LogP contribution is 2.29. The molecule has 0 heterocycles. The summed E-state index contributed by atoms with van der Waals surface area (Å²) < 4.78 is 0. The van der Waals surface area contributed by atoms with Crippen molar-refractivity contribution in [2.75, 3.05) is 6.61 Å². The number of rotatable bonds is 6. The summed E-state index contributed by atoms with van der Waals surface area (Å²) in [7, 11) is 0. The zero-order chi connectivity index (χ0) is 12.0. The van der Waals surface area contributed by atoms with Crippen LogP contribution in [0.1, 0.15) is 59.3 Å². The highest BCUT2D eigenvalue weighted by Gasteiger charge is 2.23. The molecule has 0 aliphatic heterocycles. The molecule has 2 heteroatoms. The van der Waals surface area contributed by atoms with E-state index < -0.39 is 0 Å². The maximum atomic E-state index is 9.21. The van der Waals surface area contributed by atoms with Crippen LogP contribution in [0, 0.1) is 11.8 Å². The Kier molecular flexibility index (Phi) is 6.37. The van der Waals surface area contributed by atoms with Crippen molar-refractivity contribution in [2.45, 2.75) is 71.4 Å². The van der Waals surface area contributed by atoms with E-state index in [2.05, 4.69) is 26.1 Å². The van der Waals surface area contributed by atoms with Gasteiger partial charge in [-0.3, -0.25) is 0 Å². The van der Waals surface area contributed by atoms with Crippen molar-refractivity contribution in [1.82, 2.24) is 5.32 Å². The van der Waals surface area contributed by atoms with Gasteiger partial charge in [0.05, 0.1) is 6.61 Å². The monoisotopic (exact) mass is 227 g/mol. The minimum atomic E-state index is 0.280. The van der Waals surface area contributed by atoms with Crippen LogP contribution in [0.25, 0.3) is 0 Å². The Morgan fingerprint density at radius 2 is 2.06 bits per heavy atom. The molecule has 1 fully saturated rings. The van der Waals surface area contributed by atoms with Crippen LogP contribution in [0.5, 0.6) is 0 Å². The van der Waals surface area contributed by atoms with Gasteiger partial charge >= 0.3 is 0 Å². The summed E-state index contributed by atoms with van der Waals surface area (Å²) in [5.74, 6) is 1.73. The third kappa shape index (κ3) is 4.84. The Balaban J connectivity index is 2.32. The van der Waals surface area contributed by atoms with Gasteiger partial charge in [-0.2, -0.15) is 0 Å². The number of hydrogen-bond donors (Lipinski definition) is 2. The molecule has 2 N–H and O–H groups in total. The Hall–Kier alpha value is -0.0800. The minimum Gasteiger partial charge on any atom is -0.395 e. The van der Waals surface area contributed by atoms with Crippen molar-refractivity contribution in [3.63, 3.8) is 0 Å². The lowest BCUT2D eigenvalue weighted by Gasteiger charge is -2.33. The van der Waals surface area contributed by atoms with E-state index in [1.165, 1.54) is 32.1 Å². The summed E-state index contributed by atoms with van der Waals surface area (Å²) in [5, 5.41) is 12.8. The van der Waals surface area contributed by atoms with Gasteiger partial charge < -0.3 is 10.4 Å². The number of hydrogen-bond acceptors (Lipinski definition) is 2. The third-order valence-electron chi connectivity index (χ3n) is 3.77. The molecule has 0 spiro atoms. The van der Waals surface area contributed by atoms with Crippen LogP contribution in [0.3, 0.4) is 0 Å². The zero-order valence-corrected chi connectivity index (χ0v) is 11.2. The normalized spacial score (nSPS) is 28.3. The van der Waals surface area contributed by atoms with E-state index in [9.17, 15) is 5.11 Å². The van der Waals surface area contributed by atoms with E-state index in [0.29, 0.717) is 12.1 Å². The maximum absolute atomic E-state index is 9.21. The fraction of sp³-hybridized carbons (Fsp3) is 1.00. The summed E-state index contributed by atoms with van der Waals surface area (Å²) in [6.45, 7) is 7.06. The molecule has 3 unspecified atom stereocenters. The summed E-state index contributed by atoms with van der Waals surface area (Å²) in [5.41, 5.74) is 0. The molecule has 0 amide bonds. The lowest BCUT2D eigenvalue weighted by atomic mass is 9.81. The molecule has 0 aromatic heterocycles. The smallest absolute Gasteiger partial charge is 0.0584 e. The molecule has 1 aliphatic carbocycles. The second-order valence-corrected chi connectivity index (χ2v) is 5.81. The highest BCUT2D eigenvalue weighted by molar-refractivity contribution is 4.81. The first-order valence-corrected chi connectivity index (χ1v) is 7.02. The van der Waals surface area contributed by atoms with Crippen molar-refractivity contribution in [3.8, 4) is 0 Å². The van der Waals surface area contributed by atoms with Crippen molar-refractivity contribution in [3.05, 3.63) is 0 Å². The molecule has 1 rings (SSSR count). The SMILES string of the molecule is CCC(CO)NC1CCCC(CC(C)C)C1. The van der Waals surface area contributed by atoms with Crippen LogP contribution in [0.4, 0.5) is 0 Å². The largest absolute Gasteiger partial charge is 0.395 e. The number of aliphatic hydroxyl groups excluding tert-OH is 1. The lowest BCUT2D eigenvalue weighted by molar-refractivity contribution is 0.192. The first kappa shape index (κ1) is 14.0. The van der Waals surface area contributed by atoms with Crippen LogP contribution in [0.15, 0.2) is 0 Å². The Morgan fingerprint density at radius 1 is 1.31 bits per heavy atom. The quantitative estimate of drug-likeness (QED) is 0.731. The van der Waals surface area contributed by atoms with E-state index in [1.54, 1.807) is 0 Å². The molecule has 1 saturated carbocycles. The Bertz CT molecular complexity index is 178. The minimum absolute atomic E-state index is 0.280. The molecular weight excluding hydrogens is 198 g/mol. The lowest BCUT2D eigenvalue weighted by Crippen LogP contribution is -2.42. The van der Waals surface area contributed by atoms with E-state index in [-0.39, 0.29) is 6.61 Å². The van der Waals surface area contributed by atoms with Gasteiger partial charge in [0, 0.05) is 12.1 Å². The number of aliphatic hydroxyl groups is 1. The molecule has 0 radical (unpaired) electrons. The van der Waals surface area contributed by atoms with Crippen molar-refractivity contribution < 1.29 is 5.11 Å². The molecule has 0 aromatic rings. The molecule has 96 valence electrons. The molecule has 16 heavy (non-hydrogen) atoms. The molecule has 0 bridgehead atoms. The molecule has 2 nitrogen and oxygen atoms in total. The van der Waals surface area contributed by atoms with Gasteiger partial charge in [-0.05, 0) is 37.5 Å². The average molecular weight is 227 g/mol. The van der Waals surface area contributed by atoms with Gasteiger partial charge in [-0.1, -0.05) is 33.6 Å². The Labute approximate surface area is 101 Å². The number of nitrogens with one attached hydrogen (secondary N) is 1. The van der Waals surface area contributed by atoms with Crippen LogP contribution < -0.4 is 5.32 Å². The van der Waals surface area contributed by atoms with E-state index in [1.807, 2.05) is 0 Å². The van der Waals surface area contributed by atoms with Crippen LogP contribution in [0.2, 0.25) is 0 Å². The van der Waals surface area contributed by atoms with Gasteiger partial charge in [0.25, 0.3) is 0 Å². The second-order valence-electron chi connectivity index (χ2n) is 5.81. The van der Waals surface area contributed by atoms with Crippen molar-refractivity contribution >= 4 is 0 Å². The Morgan fingerprint density at radius 3 is 2.62 bits per heavy atom. The molecule has 1 aliphatic rings. The fourth-order valence-electron chi connectivity index (χ4n) is 2.96.